The third-order valence-electron chi connectivity index (χ3n) is 5.37. The summed E-state index contributed by atoms with van der Waals surface area (Å²) >= 11 is 0. The van der Waals surface area contributed by atoms with E-state index in [1.807, 2.05) is 18.2 Å². The molecule has 3 nitrogen and oxygen atoms in total. The van der Waals surface area contributed by atoms with Crippen molar-refractivity contribution in [2.75, 3.05) is 0 Å². The molecule has 136 valence electrons. The van der Waals surface area contributed by atoms with Gasteiger partial charge in [0.2, 0.25) is 5.71 Å². The van der Waals surface area contributed by atoms with Gasteiger partial charge in [-0.1, -0.05) is 30.3 Å². The monoisotopic (exact) mass is 364 g/mol. The van der Waals surface area contributed by atoms with Gasteiger partial charge in [0.05, 0.1) is 11.4 Å². The molecule has 3 heterocycles. The molecule has 28 heavy (non-hydrogen) atoms. The molecular formula is C25H20N2O. The molecule has 0 atom stereocenters. The first-order chi connectivity index (χ1) is 13.6. The highest BCUT2D eigenvalue weighted by Crippen LogP contribution is 2.38. The van der Waals surface area contributed by atoms with Crippen LogP contribution in [0, 0.1) is 20.8 Å². The fourth-order valence-corrected chi connectivity index (χ4v) is 4.01. The number of aromatic nitrogens is 2. The number of aryl methyl sites for hydroxylation is 3. The second-order valence-electron chi connectivity index (χ2n) is 7.27. The molecule has 0 unspecified atom stereocenters. The van der Waals surface area contributed by atoms with Gasteiger partial charge in [-0.2, -0.15) is 0 Å². The summed E-state index contributed by atoms with van der Waals surface area (Å²) < 4.78 is 6.31. The Labute approximate surface area is 163 Å². The van der Waals surface area contributed by atoms with Crippen LogP contribution in [0.15, 0.2) is 71.3 Å². The summed E-state index contributed by atoms with van der Waals surface area (Å²) in [7, 11) is 0. The molecule has 0 amide bonds. The van der Waals surface area contributed by atoms with E-state index in [4.69, 9.17) is 9.40 Å². The Morgan fingerprint density at radius 1 is 0.714 bits per heavy atom. The van der Waals surface area contributed by atoms with Gasteiger partial charge in [-0.25, -0.2) is 4.98 Å². The molecule has 0 saturated carbocycles. The highest BCUT2D eigenvalue weighted by atomic mass is 16.3. The molecule has 0 aliphatic carbocycles. The van der Waals surface area contributed by atoms with Crippen molar-refractivity contribution in [3.8, 4) is 22.5 Å². The van der Waals surface area contributed by atoms with Crippen LogP contribution in [-0.4, -0.2) is 9.97 Å². The molecule has 0 N–H and O–H groups in total. The van der Waals surface area contributed by atoms with E-state index >= 15 is 0 Å². The van der Waals surface area contributed by atoms with E-state index in [2.05, 4.69) is 68.2 Å². The van der Waals surface area contributed by atoms with Gasteiger partial charge in [0.15, 0.2) is 0 Å². The number of fused-ring (bicyclic) bond motifs is 3. The molecule has 0 bridgehead atoms. The van der Waals surface area contributed by atoms with Crippen LogP contribution in [0.3, 0.4) is 0 Å². The lowest BCUT2D eigenvalue weighted by atomic mass is 9.99. The molecule has 2 aromatic carbocycles. The molecule has 0 aliphatic rings. The lowest BCUT2D eigenvalue weighted by molar-refractivity contribution is 0.655. The average Bonchev–Trinajstić information content (AvgIpc) is 3.08. The van der Waals surface area contributed by atoms with E-state index in [9.17, 15) is 0 Å². The molecular weight excluding hydrogens is 344 g/mol. The van der Waals surface area contributed by atoms with E-state index in [1.165, 1.54) is 22.3 Å². The van der Waals surface area contributed by atoms with Crippen LogP contribution in [-0.2, 0) is 0 Å². The lowest BCUT2D eigenvalue weighted by Crippen LogP contribution is -1.90. The maximum atomic E-state index is 6.31. The predicted octanol–water partition coefficient (Wildman–Crippen LogP) is 6.64. The molecule has 5 aromatic rings. The van der Waals surface area contributed by atoms with Crippen LogP contribution in [0.1, 0.15) is 16.7 Å². The largest absolute Gasteiger partial charge is 0.437 e. The summed E-state index contributed by atoms with van der Waals surface area (Å²) in [6.07, 6.45) is 1.81. The third kappa shape index (κ3) is 2.51. The van der Waals surface area contributed by atoms with E-state index < -0.39 is 0 Å². The van der Waals surface area contributed by atoms with Crippen molar-refractivity contribution in [3.05, 3.63) is 83.6 Å². The SMILES string of the molecule is Cc1cccc(C)c1-c1ccc2c(n1)oc1c(-c3ccccn3)ccc(C)c12. The van der Waals surface area contributed by atoms with Crippen molar-refractivity contribution in [1.29, 1.82) is 0 Å². The number of nitrogens with zero attached hydrogens (tertiary/aromatic N) is 2. The molecule has 0 saturated heterocycles. The number of benzene rings is 2. The summed E-state index contributed by atoms with van der Waals surface area (Å²) in [5.74, 6) is 0. The molecule has 0 radical (unpaired) electrons. The average molecular weight is 364 g/mol. The van der Waals surface area contributed by atoms with Gasteiger partial charge in [-0.15, -0.1) is 0 Å². The van der Waals surface area contributed by atoms with Crippen molar-refractivity contribution >= 4 is 22.1 Å². The number of furan rings is 1. The maximum absolute atomic E-state index is 6.31. The summed E-state index contributed by atoms with van der Waals surface area (Å²) in [6, 6.07) is 20.7. The zero-order valence-electron chi connectivity index (χ0n) is 16.2. The van der Waals surface area contributed by atoms with Crippen molar-refractivity contribution in [2.24, 2.45) is 0 Å². The smallest absolute Gasteiger partial charge is 0.227 e. The highest BCUT2D eigenvalue weighted by Gasteiger charge is 2.17. The molecule has 3 heteroatoms. The first kappa shape index (κ1) is 16.7. The van der Waals surface area contributed by atoms with Crippen molar-refractivity contribution in [2.45, 2.75) is 20.8 Å². The standard InChI is InChI=1S/C25H20N2O/c1-15-7-6-8-16(2)22(15)21-13-12-19-23-17(3)10-11-18(20-9-4-5-14-26-20)24(23)28-25(19)27-21/h4-14H,1-3H3. The Morgan fingerprint density at radius 2 is 1.54 bits per heavy atom. The van der Waals surface area contributed by atoms with E-state index in [-0.39, 0.29) is 0 Å². The minimum atomic E-state index is 0.668. The first-order valence-electron chi connectivity index (χ1n) is 9.44. The van der Waals surface area contributed by atoms with Crippen LogP contribution < -0.4 is 0 Å². The van der Waals surface area contributed by atoms with Gasteiger partial charge in [0.1, 0.15) is 5.58 Å². The summed E-state index contributed by atoms with van der Waals surface area (Å²) in [5.41, 5.74) is 9.14. The highest BCUT2D eigenvalue weighted by molar-refractivity contribution is 6.10. The number of hydrogen-bond acceptors (Lipinski definition) is 3. The minimum absolute atomic E-state index is 0.668. The van der Waals surface area contributed by atoms with Crippen LogP contribution in [0.25, 0.3) is 44.6 Å². The molecule has 3 aromatic heterocycles. The Bertz CT molecular complexity index is 1310. The molecule has 5 rings (SSSR count). The normalized spacial score (nSPS) is 11.4. The summed E-state index contributed by atoms with van der Waals surface area (Å²) in [4.78, 5) is 9.40. The third-order valence-corrected chi connectivity index (χ3v) is 5.37. The number of pyridine rings is 2. The fourth-order valence-electron chi connectivity index (χ4n) is 4.01. The second-order valence-corrected chi connectivity index (χ2v) is 7.27. The molecule has 0 fully saturated rings. The van der Waals surface area contributed by atoms with Crippen molar-refractivity contribution in [1.82, 2.24) is 9.97 Å². The van der Waals surface area contributed by atoms with Crippen LogP contribution >= 0.6 is 0 Å². The summed E-state index contributed by atoms with van der Waals surface area (Å²) in [5, 5.41) is 2.15. The van der Waals surface area contributed by atoms with Gasteiger partial charge >= 0.3 is 0 Å². The quantitative estimate of drug-likeness (QED) is 0.353. The molecule has 0 spiro atoms. The Hall–Kier alpha value is -3.46. The van der Waals surface area contributed by atoms with Crippen molar-refractivity contribution in [3.63, 3.8) is 0 Å². The second kappa shape index (κ2) is 6.31. The Balaban J connectivity index is 1.80. The number of rotatable bonds is 2. The minimum Gasteiger partial charge on any atom is -0.437 e. The van der Waals surface area contributed by atoms with Crippen LogP contribution in [0.4, 0.5) is 0 Å². The van der Waals surface area contributed by atoms with E-state index in [0.717, 1.165) is 33.3 Å². The zero-order chi connectivity index (χ0) is 19.3. The Morgan fingerprint density at radius 3 is 2.29 bits per heavy atom. The first-order valence-corrected chi connectivity index (χ1v) is 9.44. The van der Waals surface area contributed by atoms with Gasteiger partial charge in [0.25, 0.3) is 0 Å². The summed E-state index contributed by atoms with van der Waals surface area (Å²) in [6.45, 7) is 6.35. The fraction of sp³-hybridized carbons (Fsp3) is 0.120. The number of hydrogen-bond donors (Lipinski definition) is 0. The van der Waals surface area contributed by atoms with Gasteiger partial charge in [0, 0.05) is 28.1 Å². The maximum Gasteiger partial charge on any atom is 0.227 e. The predicted molar refractivity (Wildman–Crippen MR) is 114 cm³/mol. The molecule has 0 aliphatic heterocycles. The van der Waals surface area contributed by atoms with Gasteiger partial charge in [-0.3, -0.25) is 4.98 Å². The van der Waals surface area contributed by atoms with Gasteiger partial charge in [-0.05, 0) is 67.8 Å². The van der Waals surface area contributed by atoms with E-state index in [0.29, 0.717) is 5.71 Å². The Kier molecular flexibility index (Phi) is 3.76. The zero-order valence-corrected chi connectivity index (χ0v) is 16.2. The van der Waals surface area contributed by atoms with Gasteiger partial charge < -0.3 is 4.42 Å². The topological polar surface area (TPSA) is 38.9 Å². The van der Waals surface area contributed by atoms with E-state index in [1.54, 1.807) is 6.20 Å². The lowest BCUT2D eigenvalue weighted by Gasteiger charge is -2.08. The van der Waals surface area contributed by atoms with Crippen LogP contribution in [0.5, 0.6) is 0 Å². The van der Waals surface area contributed by atoms with Crippen molar-refractivity contribution < 1.29 is 4.42 Å². The van der Waals surface area contributed by atoms with Crippen LogP contribution in [0.2, 0.25) is 0 Å².